The molecular formula is C15H22N2O. The van der Waals surface area contributed by atoms with E-state index < -0.39 is 0 Å². The van der Waals surface area contributed by atoms with Crippen LogP contribution in [0.1, 0.15) is 44.6 Å². The lowest BCUT2D eigenvalue weighted by atomic mass is 9.78. The molecule has 0 spiro atoms. The van der Waals surface area contributed by atoms with Crippen LogP contribution in [0.25, 0.3) is 0 Å². The average molecular weight is 246 g/mol. The minimum absolute atomic E-state index is 0.243. The van der Waals surface area contributed by atoms with Crippen LogP contribution in [0.3, 0.4) is 0 Å². The smallest absolute Gasteiger partial charge is 0.140 e. The number of hydrogen-bond acceptors (Lipinski definition) is 3. The van der Waals surface area contributed by atoms with Crippen molar-refractivity contribution in [1.82, 2.24) is 4.98 Å². The summed E-state index contributed by atoms with van der Waals surface area (Å²) in [6, 6.07) is 3.74. The van der Waals surface area contributed by atoms with Crippen molar-refractivity contribution in [2.45, 2.75) is 45.4 Å². The molecule has 0 aromatic carbocycles. The number of rotatable bonds is 4. The summed E-state index contributed by atoms with van der Waals surface area (Å²) in [6.45, 7) is 2.24. The zero-order chi connectivity index (χ0) is 13.0. The molecule has 1 aliphatic rings. The Hall–Kier alpha value is -1.38. The Morgan fingerprint density at radius 3 is 2.72 bits per heavy atom. The fourth-order valence-corrected chi connectivity index (χ4v) is 2.83. The molecule has 18 heavy (non-hydrogen) atoms. The Morgan fingerprint density at radius 1 is 1.39 bits per heavy atom. The van der Waals surface area contributed by atoms with Crippen LogP contribution in [0.2, 0.25) is 0 Å². The van der Waals surface area contributed by atoms with E-state index in [1.807, 2.05) is 12.1 Å². The van der Waals surface area contributed by atoms with Crippen LogP contribution in [-0.4, -0.2) is 10.8 Å². The largest absolute Gasteiger partial charge is 0.383 e. The van der Waals surface area contributed by atoms with Gasteiger partial charge in [-0.1, -0.05) is 19.4 Å². The lowest BCUT2D eigenvalue weighted by Crippen LogP contribution is -2.23. The number of aromatic nitrogens is 1. The number of pyridine rings is 1. The fraction of sp³-hybridized carbons (Fsp3) is 0.600. The first-order chi connectivity index (χ1) is 8.70. The third-order valence-electron chi connectivity index (χ3n) is 4.17. The lowest BCUT2D eigenvalue weighted by Gasteiger charge is -2.26. The second kappa shape index (κ2) is 5.98. The molecule has 1 aliphatic carbocycles. The van der Waals surface area contributed by atoms with Crippen molar-refractivity contribution < 1.29 is 4.79 Å². The summed E-state index contributed by atoms with van der Waals surface area (Å²) in [4.78, 5) is 16.3. The van der Waals surface area contributed by atoms with Gasteiger partial charge in [-0.05, 0) is 37.7 Å². The monoisotopic (exact) mass is 246 g/mol. The minimum Gasteiger partial charge on any atom is -0.383 e. The summed E-state index contributed by atoms with van der Waals surface area (Å²) in [5.41, 5.74) is 6.65. The number of Topliss-reactive ketones (excluding diaryl/α,β-unsaturated/α-hetero) is 1. The Bertz CT molecular complexity index is 409. The summed E-state index contributed by atoms with van der Waals surface area (Å²) in [7, 11) is 0. The van der Waals surface area contributed by atoms with Crippen molar-refractivity contribution in [2.75, 3.05) is 5.73 Å². The van der Waals surface area contributed by atoms with Crippen molar-refractivity contribution in [3.05, 3.63) is 23.9 Å². The van der Waals surface area contributed by atoms with Gasteiger partial charge in [0.1, 0.15) is 11.6 Å². The maximum absolute atomic E-state index is 12.2. The standard InChI is InChI=1S/C15H22N2O/c1-2-11-5-7-12(8-6-11)14(18)10-13-4-3-9-17-15(13)16/h3-4,9,11-12H,2,5-8,10H2,1H3,(H2,16,17). The van der Waals surface area contributed by atoms with Crippen LogP contribution in [0, 0.1) is 11.8 Å². The molecule has 1 aromatic heterocycles. The maximum atomic E-state index is 12.2. The van der Waals surface area contributed by atoms with Gasteiger partial charge in [0.25, 0.3) is 0 Å². The molecular weight excluding hydrogens is 224 g/mol. The molecule has 0 saturated heterocycles. The van der Waals surface area contributed by atoms with Gasteiger partial charge in [0.2, 0.25) is 0 Å². The first kappa shape index (κ1) is 13.1. The quantitative estimate of drug-likeness (QED) is 0.888. The molecule has 0 radical (unpaired) electrons. The van der Waals surface area contributed by atoms with Gasteiger partial charge >= 0.3 is 0 Å². The van der Waals surface area contributed by atoms with Gasteiger partial charge in [-0.15, -0.1) is 0 Å². The van der Waals surface area contributed by atoms with E-state index in [1.54, 1.807) is 6.20 Å². The molecule has 3 nitrogen and oxygen atoms in total. The van der Waals surface area contributed by atoms with Gasteiger partial charge in [0.15, 0.2) is 0 Å². The predicted molar refractivity (Wildman–Crippen MR) is 73.1 cm³/mol. The topological polar surface area (TPSA) is 56.0 Å². The zero-order valence-electron chi connectivity index (χ0n) is 11.1. The molecule has 0 aliphatic heterocycles. The molecule has 0 bridgehead atoms. The van der Waals surface area contributed by atoms with Gasteiger partial charge < -0.3 is 5.73 Å². The van der Waals surface area contributed by atoms with Gasteiger partial charge in [0, 0.05) is 24.1 Å². The van der Waals surface area contributed by atoms with E-state index in [9.17, 15) is 4.79 Å². The van der Waals surface area contributed by atoms with Gasteiger partial charge in [-0.3, -0.25) is 4.79 Å². The number of nitrogens with zero attached hydrogens (tertiary/aromatic N) is 1. The number of carbonyl (C=O) groups is 1. The number of carbonyl (C=O) groups excluding carboxylic acids is 1. The maximum Gasteiger partial charge on any atom is 0.140 e. The molecule has 1 saturated carbocycles. The third-order valence-corrected chi connectivity index (χ3v) is 4.17. The molecule has 1 aromatic rings. The van der Waals surface area contributed by atoms with E-state index in [0.717, 1.165) is 24.3 Å². The molecule has 2 N–H and O–H groups in total. The number of hydrogen-bond donors (Lipinski definition) is 1. The highest BCUT2D eigenvalue weighted by atomic mass is 16.1. The average Bonchev–Trinajstić information content (AvgIpc) is 2.41. The Morgan fingerprint density at radius 2 is 2.11 bits per heavy atom. The van der Waals surface area contributed by atoms with Crippen LogP contribution >= 0.6 is 0 Å². The summed E-state index contributed by atoms with van der Waals surface area (Å²) in [5.74, 6) is 1.90. The van der Waals surface area contributed by atoms with Crippen molar-refractivity contribution in [1.29, 1.82) is 0 Å². The van der Waals surface area contributed by atoms with Gasteiger partial charge in [-0.25, -0.2) is 4.98 Å². The summed E-state index contributed by atoms with van der Waals surface area (Å²) >= 11 is 0. The molecule has 98 valence electrons. The van der Waals surface area contributed by atoms with E-state index in [0.29, 0.717) is 18.0 Å². The van der Waals surface area contributed by atoms with E-state index in [4.69, 9.17) is 5.73 Å². The van der Waals surface area contributed by atoms with Crippen LogP contribution < -0.4 is 5.73 Å². The van der Waals surface area contributed by atoms with Crippen LogP contribution in [0.15, 0.2) is 18.3 Å². The first-order valence-corrected chi connectivity index (χ1v) is 6.92. The Kier molecular flexibility index (Phi) is 4.34. The minimum atomic E-state index is 0.243. The molecule has 0 atom stereocenters. The van der Waals surface area contributed by atoms with Crippen LogP contribution in [0.5, 0.6) is 0 Å². The molecule has 0 unspecified atom stereocenters. The SMILES string of the molecule is CCC1CCC(C(=O)Cc2cccnc2N)CC1. The van der Waals surface area contributed by atoms with Gasteiger partial charge in [0.05, 0.1) is 0 Å². The molecule has 3 heteroatoms. The fourth-order valence-electron chi connectivity index (χ4n) is 2.83. The van der Waals surface area contributed by atoms with Crippen LogP contribution in [-0.2, 0) is 11.2 Å². The molecule has 1 fully saturated rings. The highest BCUT2D eigenvalue weighted by Crippen LogP contribution is 2.31. The third kappa shape index (κ3) is 3.09. The second-order valence-electron chi connectivity index (χ2n) is 5.32. The van der Waals surface area contributed by atoms with Crippen LogP contribution in [0.4, 0.5) is 5.82 Å². The lowest BCUT2D eigenvalue weighted by molar-refractivity contribution is -0.123. The summed E-state index contributed by atoms with van der Waals surface area (Å²) in [6.07, 6.45) is 7.87. The normalized spacial score (nSPS) is 23.8. The predicted octanol–water partition coefficient (Wildman–Crippen LogP) is 2.99. The number of anilines is 1. The Balaban J connectivity index is 1.91. The second-order valence-corrected chi connectivity index (χ2v) is 5.32. The van der Waals surface area contributed by atoms with E-state index in [2.05, 4.69) is 11.9 Å². The molecule has 0 amide bonds. The van der Waals surface area contributed by atoms with Crippen molar-refractivity contribution in [3.63, 3.8) is 0 Å². The van der Waals surface area contributed by atoms with E-state index in [-0.39, 0.29) is 5.92 Å². The Labute approximate surface area is 109 Å². The number of ketones is 1. The van der Waals surface area contributed by atoms with Crippen molar-refractivity contribution in [2.24, 2.45) is 11.8 Å². The van der Waals surface area contributed by atoms with E-state index in [1.165, 1.54) is 19.3 Å². The highest BCUT2D eigenvalue weighted by Gasteiger charge is 2.25. The molecule has 2 rings (SSSR count). The first-order valence-electron chi connectivity index (χ1n) is 6.92. The van der Waals surface area contributed by atoms with Crippen molar-refractivity contribution in [3.8, 4) is 0 Å². The van der Waals surface area contributed by atoms with Crippen molar-refractivity contribution >= 4 is 11.6 Å². The molecule has 1 heterocycles. The summed E-state index contributed by atoms with van der Waals surface area (Å²) in [5, 5.41) is 0. The van der Waals surface area contributed by atoms with Gasteiger partial charge in [-0.2, -0.15) is 0 Å². The number of nitrogens with two attached hydrogens (primary N) is 1. The highest BCUT2D eigenvalue weighted by molar-refractivity contribution is 5.84. The number of nitrogen functional groups attached to an aromatic ring is 1. The summed E-state index contributed by atoms with van der Waals surface area (Å²) < 4.78 is 0. The zero-order valence-corrected chi connectivity index (χ0v) is 11.1. The van der Waals surface area contributed by atoms with E-state index >= 15 is 0 Å².